The molecule has 3 heterocycles. The van der Waals surface area contributed by atoms with Crippen LogP contribution in [0.25, 0.3) is 0 Å². The molecule has 3 saturated heterocycles. The highest BCUT2D eigenvalue weighted by Crippen LogP contribution is 2.43. The lowest BCUT2D eigenvalue weighted by atomic mass is 9.91. The molecule has 1 aromatic carbocycles. The normalized spacial score (nSPS) is 37.5. The molecule has 4 atom stereocenters. The van der Waals surface area contributed by atoms with E-state index < -0.39 is 29.4 Å². The highest BCUT2D eigenvalue weighted by molar-refractivity contribution is 5.99. The van der Waals surface area contributed by atoms with E-state index in [-0.39, 0.29) is 25.2 Å². The monoisotopic (exact) mass is 377 g/mol. The Hall–Kier alpha value is -1.51. The Bertz CT molecular complexity index is 745. The third-order valence-corrected chi connectivity index (χ3v) is 5.39. The number of fused-ring (bicyclic) bond motifs is 1. The van der Waals surface area contributed by atoms with Crippen LogP contribution in [0.15, 0.2) is 24.3 Å². The molecular formula is C20H27NO6. The first-order valence-corrected chi connectivity index (χ1v) is 9.29. The molecule has 0 aliphatic carbocycles. The number of amides is 1. The maximum Gasteiger partial charge on any atom is 0.258 e. The van der Waals surface area contributed by atoms with Crippen LogP contribution in [-0.4, -0.2) is 59.7 Å². The van der Waals surface area contributed by atoms with Crippen LogP contribution in [0.5, 0.6) is 0 Å². The third kappa shape index (κ3) is 3.07. The summed E-state index contributed by atoms with van der Waals surface area (Å²) in [5.74, 6) is -2.37. The fraction of sp³-hybridized carbons (Fsp3) is 0.650. The lowest BCUT2D eigenvalue weighted by Crippen LogP contribution is -2.73. The van der Waals surface area contributed by atoms with Gasteiger partial charge < -0.3 is 29.0 Å². The highest BCUT2D eigenvalue weighted by atomic mass is 16.8. The topological polar surface area (TPSA) is 77.5 Å². The summed E-state index contributed by atoms with van der Waals surface area (Å²) in [6.45, 7) is 9.27. The molecule has 0 radical (unpaired) electrons. The second-order valence-electron chi connectivity index (χ2n) is 8.55. The molecular weight excluding hydrogens is 350 g/mol. The quantitative estimate of drug-likeness (QED) is 0.803. The van der Waals surface area contributed by atoms with Crippen molar-refractivity contribution in [3.8, 4) is 0 Å². The Morgan fingerprint density at radius 1 is 1.11 bits per heavy atom. The molecule has 148 valence electrons. The molecule has 1 aromatic rings. The SMILES string of the molecule is Cc1ccc(N2C[C@]3(OC[C@H]4OC(C)(C)O[C@H]4[C@@H]3O)OC(C)(C)C2=O)cc1. The number of hydrogen-bond acceptors (Lipinski definition) is 6. The van der Waals surface area contributed by atoms with Gasteiger partial charge in [0, 0.05) is 5.69 Å². The van der Waals surface area contributed by atoms with Gasteiger partial charge in [-0.05, 0) is 46.8 Å². The summed E-state index contributed by atoms with van der Waals surface area (Å²) in [4.78, 5) is 14.6. The molecule has 3 fully saturated rings. The van der Waals surface area contributed by atoms with Gasteiger partial charge in [0.05, 0.1) is 13.2 Å². The number of morpholine rings is 1. The third-order valence-electron chi connectivity index (χ3n) is 5.39. The first-order valence-electron chi connectivity index (χ1n) is 9.29. The predicted molar refractivity (Wildman–Crippen MR) is 97.2 cm³/mol. The van der Waals surface area contributed by atoms with E-state index in [1.165, 1.54) is 0 Å². The molecule has 1 spiro atoms. The van der Waals surface area contributed by atoms with E-state index in [0.717, 1.165) is 11.3 Å². The number of anilines is 1. The van der Waals surface area contributed by atoms with Crippen molar-refractivity contribution >= 4 is 11.6 Å². The molecule has 4 rings (SSSR count). The number of carbonyl (C=O) groups excluding carboxylic acids is 1. The molecule has 3 aliphatic rings. The summed E-state index contributed by atoms with van der Waals surface area (Å²) in [6, 6.07) is 7.67. The number of aryl methyl sites for hydroxylation is 1. The highest BCUT2D eigenvalue weighted by Gasteiger charge is 2.63. The maximum absolute atomic E-state index is 13.0. The maximum atomic E-state index is 13.0. The van der Waals surface area contributed by atoms with Crippen LogP contribution in [0.4, 0.5) is 5.69 Å². The molecule has 0 bridgehead atoms. The Morgan fingerprint density at radius 3 is 2.44 bits per heavy atom. The van der Waals surface area contributed by atoms with Gasteiger partial charge in [0.15, 0.2) is 5.79 Å². The summed E-state index contributed by atoms with van der Waals surface area (Å²) >= 11 is 0. The standard InChI is InChI=1S/C20H27NO6/c1-12-6-8-13(9-7-12)21-11-20(27-18(2,3)17(21)23)16(22)15-14(10-24-20)25-19(4,5)26-15/h6-9,14-16,22H,10-11H2,1-5H3/t14-,15-,16+,20+/m1/s1. The molecule has 0 aromatic heterocycles. The summed E-state index contributed by atoms with van der Waals surface area (Å²) < 4.78 is 23.8. The molecule has 27 heavy (non-hydrogen) atoms. The van der Waals surface area contributed by atoms with Crippen molar-refractivity contribution in [2.75, 3.05) is 18.1 Å². The fourth-order valence-electron chi connectivity index (χ4n) is 4.11. The van der Waals surface area contributed by atoms with Crippen LogP contribution in [0.1, 0.15) is 33.3 Å². The minimum absolute atomic E-state index is 0.0759. The van der Waals surface area contributed by atoms with Crippen molar-refractivity contribution in [1.82, 2.24) is 0 Å². The molecule has 3 aliphatic heterocycles. The molecule has 7 nitrogen and oxygen atoms in total. The van der Waals surface area contributed by atoms with Crippen molar-refractivity contribution in [3.63, 3.8) is 0 Å². The van der Waals surface area contributed by atoms with Crippen molar-refractivity contribution < 1.29 is 28.8 Å². The van der Waals surface area contributed by atoms with E-state index in [2.05, 4.69) is 0 Å². The van der Waals surface area contributed by atoms with Crippen LogP contribution in [0.2, 0.25) is 0 Å². The Labute approximate surface area is 159 Å². The smallest absolute Gasteiger partial charge is 0.258 e. The fourth-order valence-corrected chi connectivity index (χ4v) is 4.11. The van der Waals surface area contributed by atoms with Crippen molar-refractivity contribution in [1.29, 1.82) is 0 Å². The number of benzene rings is 1. The zero-order valence-corrected chi connectivity index (χ0v) is 16.4. The van der Waals surface area contributed by atoms with Gasteiger partial charge in [0.2, 0.25) is 5.79 Å². The summed E-state index contributed by atoms with van der Waals surface area (Å²) in [6.07, 6.45) is -2.06. The first-order chi connectivity index (χ1) is 12.5. The predicted octanol–water partition coefficient (Wildman–Crippen LogP) is 1.74. The van der Waals surface area contributed by atoms with Gasteiger partial charge >= 0.3 is 0 Å². The molecule has 1 N–H and O–H groups in total. The largest absolute Gasteiger partial charge is 0.385 e. The van der Waals surface area contributed by atoms with Crippen molar-refractivity contribution in [2.24, 2.45) is 0 Å². The van der Waals surface area contributed by atoms with Gasteiger partial charge in [-0.25, -0.2) is 0 Å². The Morgan fingerprint density at radius 2 is 1.78 bits per heavy atom. The van der Waals surface area contributed by atoms with E-state index in [4.69, 9.17) is 18.9 Å². The van der Waals surface area contributed by atoms with Crippen LogP contribution in [-0.2, 0) is 23.7 Å². The van der Waals surface area contributed by atoms with Gasteiger partial charge in [-0.15, -0.1) is 0 Å². The summed E-state index contributed by atoms with van der Waals surface area (Å²) in [7, 11) is 0. The van der Waals surface area contributed by atoms with E-state index >= 15 is 0 Å². The molecule has 0 unspecified atom stereocenters. The van der Waals surface area contributed by atoms with Crippen molar-refractivity contribution in [3.05, 3.63) is 29.8 Å². The summed E-state index contributed by atoms with van der Waals surface area (Å²) in [5, 5.41) is 11.1. The second kappa shape index (κ2) is 5.99. The average Bonchev–Trinajstić information content (AvgIpc) is 2.90. The minimum atomic E-state index is -1.38. The molecule has 0 saturated carbocycles. The van der Waals surface area contributed by atoms with Crippen LogP contribution < -0.4 is 4.90 Å². The summed E-state index contributed by atoms with van der Waals surface area (Å²) in [5.41, 5.74) is 0.679. The Balaban J connectivity index is 1.68. The molecule has 7 heteroatoms. The van der Waals surface area contributed by atoms with Crippen molar-refractivity contribution in [2.45, 2.75) is 70.1 Å². The van der Waals surface area contributed by atoms with E-state index in [1.54, 1.807) is 32.6 Å². The zero-order valence-electron chi connectivity index (χ0n) is 16.4. The van der Waals surface area contributed by atoms with Gasteiger partial charge in [-0.1, -0.05) is 17.7 Å². The number of aliphatic hydroxyl groups excluding tert-OH is 1. The number of carbonyl (C=O) groups is 1. The van der Waals surface area contributed by atoms with E-state index in [1.807, 2.05) is 31.2 Å². The first kappa shape index (κ1) is 18.8. The second-order valence-corrected chi connectivity index (χ2v) is 8.55. The zero-order chi connectivity index (χ0) is 19.6. The van der Waals surface area contributed by atoms with Gasteiger partial charge in [0.1, 0.15) is 23.9 Å². The average molecular weight is 377 g/mol. The number of nitrogens with zero attached hydrogens (tertiary/aromatic N) is 1. The lowest BCUT2D eigenvalue weighted by molar-refractivity contribution is -0.350. The van der Waals surface area contributed by atoms with E-state index in [9.17, 15) is 9.90 Å². The van der Waals surface area contributed by atoms with Crippen LogP contribution in [0.3, 0.4) is 0 Å². The minimum Gasteiger partial charge on any atom is -0.385 e. The van der Waals surface area contributed by atoms with Crippen LogP contribution in [0, 0.1) is 6.92 Å². The lowest BCUT2D eigenvalue weighted by Gasteiger charge is -2.53. The Kier molecular flexibility index (Phi) is 4.18. The number of rotatable bonds is 1. The van der Waals surface area contributed by atoms with E-state index in [0.29, 0.717) is 0 Å². The van der Waals surface area contributed by atoms with Gasteiger partial charge in [-0.3, -0.25) is 4.79 Å². The number of ether oxygens (including phenoxy) is 4. The van der Waals surface area contributed by atoms with Crippen LogP contribution >= 0.6 is 0 Å². The number of hydrogen-bond donors (Lipinski definition) is 1. The van der Waals surface area contributed by atoms with Gasteiger partial charge in [0.25, 0.3) is 5.91 Å². The number of aliphatic hydroxyl groups is 1. The van der Waals surface area contributed by atoms with Gasteiger partial charge in [-0.2, -0.15) is 0 Å². The molecule has 1 amide bonds.